The van der Waals surface area contributed by atoms with Gasteiger partial charge in [-0.3, -0.25) is 4.98 Å². The second-order valence-corrected chi connectivity index (χ2v) is 7.02. The van der Waals surface area contributed by atoms with Gasteiger partial charge < -0.3 is 10.1 Å². The molecule has 0 unspecified atom stereocenters. The number of hydrogen-bond acceptors (Lipinski definition) is 5. The third-order valence-electron chi connectivity index (χ3n) is 4.05. The van der Waals surface area contributed by atoms with Crippen LogP contribution in [0.4, 0.5) is 10.8 Å². The fraction of sp³-hybridized carbons (Fsp3) is 0.333. The predicted octanol–water partition coefficient (Wildman–Crippen LogP) is 6.30. The van der Waals surface area contributed by atoms with Gasteiger partial charge in [0.05, 0.1) is 12.3 Å². The van der Waals surface area contributed by atoms with Crippen LogP contribution >= 0.6 is 11.3 Å². The fourth-order valence-electron chi connectivity index (χ4n) is 2.62. The Morgan fingerprint density at radius 1 is 0.962 bits per heavy atom. The molecule has 0 radical (unpaired) electrons. The van der Waals surface area contributed by atoms with Gasteiger partial charge in [-0.15, -0.1) is 11.3 Å². The van der Waals surface area contributed by atoms with E-state index in [2.05, 4.69) is 22.2 Å². The average molecular weight is 368 g/mol. The van der Waals surface area contributed by atoms with E-state index in [4.69, 9.17) is 4.74 Å². The van der Waals surface area contributed by atoms with Crippen molar-refractivity contribution in [2.45, 2.75) is 39.0 Å². The van der Waals surface area contributed by atoms with Gasteiger partial charge in [-0.05, 0) is 42.8 Å². The van der Waals surface area contributed by atoms with Crippen LogP contribution in [0.25, 0.3) is 11.4 Å². The molecule has 5 heteroatoms. The molecular formula is C21H25N3OS. The van der Waals surface area contributed by atoms with Gasteiger partial charge in [-0.25, -0.2) is 4.98 Å². The molecule has 3 rings (SSSR count). The lowest BCUT2D eigenvalue weighted by Gasteiger charge is -2.07. The third-order valence-corrected chi connectivity index (χ3v) is 4.81. The minimum Gasteiger partial charge on any atom is -0.494 e. The Bertz CT molecular complexity index is 771. The highest BCUT2D eigenvalue weighted by atomic mass is 32.1. The summed E-state index contributed by atoms with van der Waals surface area (Å²) in [5.41, 5.74) is 2.78. The first-order valence-corrected chi connectivity index (χ1v) is 10.1. The first-order valence-electron chi connectivity index (χ1n) is 9.22. The maximum atomic E-state index is 5.80. The molecule has 0 bridgehead atoms. The summed E-state index contributed by atoms with van der Waals surface area (Å²) in [5.74, 6) is 0.916. The second kappa shape index (κ2) is 9.92. The SMILES string of the molecule is CCCCCCCOc1ccc(Nc2nc(-c3ccccn3)cs2)cc1. The van der Waals surface area contributed by atoms with Crippen LogP contribution in [-0.4, -0.2) is 16.6 Å². The molecule has 0 fully saturated rings. The van der Waals surface area contributed by atoms with Crippen molar-refractivity contribution in [1.29, 1.82) is 0 Å². The van der Waals surface area contributed by atoms with E-state index in [0.29, 0.717) is 0 Å². The zero-order chi connectivity index (χ0) is 18.0. The first-order chi connectivity index (χ1) is 12.8. The highest BCUT2D eigenvalue weighted by molar-refractivity contribution is 7.14. The molecule has 0 saturated carbocycles. The van der Waals surface area contributed by atoms with E-state index in [1.54, 1.807) is 17.5 Å². The first kappa shape index (κ1) is 18.4. The molecule has 4 nitrogen and oxygen atoms in total. The number of thiazole rings is 1. The number of ether oxygens (including phenoxy) is 1. The molecule has 136 valence electrons. The molecule has 1 N–H and O–H groups in total. The summed E-state index contributed by atoms with van der Waals surface area (Å²) in [6.07, 6.45) is 8.05. The van der Waals surface area contributed by atoms with Crippen molar-refractivity contribution in [1.82, 2.24) is 9.97 Å². The minimum absolute atomic E-state index is 0.788. The van der Waals surface area contributed by atoms with E-state index in [9.17, 15) is 0 Å². The summed E-state index contributed by atoms with van der Waals surface area (Å²) >= 11 is 1.57. The molecule has 0 saturated heterocycles. The number of anilines is 2. The standard InChI is InChI=1S/C21H25N3OS/c1-2-3-4-5-8-15-25-18-12-10-17(11-13-18)23-21-24-20(16-26-21)19-9-6-7-14-22-19/h6-7,9-14,16H,2-5,8,15H2,1H3,(H,23,24). The Morgan fingerprint density at radius 2 is 1.81 bits per heavy atom. The number of aromatic nitrogens is 2. The fourth-order valence-corrected chi connectivity index (χ4v) is 3.34. The van der Waals surface area contributed by atoms with E-state index in [1.807, 2.05) is 47.8 Å². The van der Waals surface area contributed by atoms with Crippen LogP contribution in [0.5, 0.6) is 5.75 Å². The molecule has 26 heavy (non-hydrogen) atoms. The Kier molecular flexibility index (Phi) is 7.02. The lowest BCUT2D eigenvalue weighted by molar-refractivity contribution is 0.304. The summed E-state index contributed by atoms with van der Waals surface area (Å²) in [5, 5.41) is 6.21. The van der Waals surface area contributed by atoms with Crippen LogP contribution in [0.15, 0.2) is 54.0 Å². The maximum Gasteiger partial charge on any atom is 0.187 e. The maximum absolute atomic E-state index is 5.80. The Hall–Kier alpha value is -2.40. The molecule has 0 amide bonds. The monoisotopic (exact) mass is 367 g/mol. The van der Waals surface area contributed by atoms with E-state index >= 15 is 0 Å². The van der Waals surface area contributed by atoms with E-state index in [-0.39, 0.29) is 0 Å². The molecule has 3 aromatic rings. The van der Waals surface area contributed by atoms with Gasteiger partial charge in [0.25, 0.3) is 0 Å². The van der Waals surface area contributed by atoms with Crippen LogP contribution in [0.3, 0.4) is 0 Å². The number of benzene rings is 1. The van der Waals surface area contributed by atoms with Crippen molar-refractivity contribution in [2.75, 3.05) is 11.9 Å². The molecular weight excluding hydrogens is 342 g/mol. The number of nitrogens with one attached hydrogen (secondary N) is 1. The lowest BCUT2D eigenvalue weighted by Crippen LogP contribution is -1.97. The van der Waals surface area contributed by atoms with Gasteiger partial charge in [0.15, 0.2) is 5.13 Å². The molecule has 0 atom stereocenters. The van der Waals surface area contributed by atoms with Crippen molar-refractivity contribution < 1.29 is 4.74 Å². The van der Waals surface area contributed by atoms with Crippen LogP contribution in [-0.2, 0) is 0 Å². The van der Waals surface area contributed by atoms with E-state index < -0.39 is 0 Å². The summed E-state index contributed by atoms with van der Waals surface area (Å²) in [4.78, 5) is 8.93. The molecule has 0 aliphatic heterocycles. The zero-order valence-electron chi connectivity index (χ0n) is 15.1. The number of hydrogen-bond donors (Lipinski definition) is 1. The molecule has 0 spiro atoms. The minimum atomic E-state index is 0.788. The Morgan fingerprint density at radius 3 is 2.58 bits per heavy atom. The van der Waals surface area contributed by atoms with Crippen molar-refractivity contribution in [3.8, 4) is 17.1 Å². The number of rotatable bonds is 10. The van der Waals surface area contributed by atoms with Gasteiger partial charge in [-0.1, -0.05) is 38.7 Å². The van der Waals surface area contributed by atoms with Crippen molar-refractivity contribution in [3.63, 3.8) is 0 Å². The van der Waals surface area contributed by atoms with Crippen LogP contribution in [0.1, 0.15) is 39.0 Å². The third kappa shape index (κ3) is 5.56. The Balaban J connectivity index is 1.48. The quantitative estimate of drug-likeness (QED) is 0.427. The van der Waals surface area contributed by atoms with Crippen LogP contribution in [0, 0.1) is 0 Å². The topological polar surface area (TPSA) is 47.0 Å². The predicted molar refractivity (Wildman–Crippen MR) is 109 cm³/mol. The van der Waals surface area contributed by atoms with Crippen LogP contribution < -0.4 is 10.1 Å². The highest BCUT2D eigenvalue weighted by Gasteiger charge is 2.05. The van der Waals surface area contributed by atoms with Gasteiger partial charge >= 0.3 is 0 Å². The smallest absolute Gasteiger partial charge is 0.187 e. The summed E-state index contributed by atoms with van der Waals surface area (Å²) in [7, 11) is 0. The normalized spacial score (nSPS) is 10.7. The highest BCUT2D eigenvalue weighted by Crippen LogP contribution is 2.26. The molecule has 0 aliphatic rings. The number of nitrogens with zero attached hydrogens (tertiary/aromatic N) is 2. The van der Waals surface area contributed by atoms with Crippen molar-refractivity contribution in [3.05, 3.63) is 54.0 Å². The van der Waals surface area contributed by atoms with Gasteiger partial charge in [0.1, 0.15) is 11.4 Å². The second-order valence-electron chi connectivity index (χ2n) is 6.16. The van der Waals surface area contributed by atoms with E-state index in [1.165, 1.54) is 25.7 Å². The molecule has 1 aromatic carbocycles. The number of pyridine rings is 1. The van der Waals surface area contributed by atoms with Gasteiger partial charge in [0, 0.05) is 17.3 Å². The molecule has 2 heterocycles. The largest absolute Gasteiger partial charge is 0.494 e. The Labute approximate surface area is 159 Å². The van der Waals surface area contributed by atoms with Gasteiger partial charge in [-0.2, -0.15) is 0 Å². The number of unbranched alkanes of at least 4 members (excludes halogenated alkanes) is 4. The molecule has 2 aromatic heterocycles. The summed E-state index contributed by atoms with van der Waals surface area (Å²) in [6, 6.07) is 13.9. The summed E-state index contributed by atoms with van der Waals surface area (Å²) in [6.45, 7) is 3.02. The average Bonchev–Trinajstić information content (AvgIpc) is 3.15. The molecule has 0 aliphatic carbocycles. The summed E-state index contributed by atoms with van der Waals surface area (Å²) < 4.78 is 5.80. The zero-order valence-corrected chi connectivity index (χ0v) is 16.0. The van der Waals surface area contributed by atoms with Crippen molar-refractivity contribution in [2.24, 2.45) is 0 Å². The lowest BCUT2D eigenvalue weighted by atomic mass is 10.2. The van der Waals surface area contributed by atoms with Gasteiger partial charge in [0.2, 0.25) is 0 Å². The van der Waals surface area contributed by atoms with E-state index in [0.717, 1.165) is 41.0 Å². The van der Waals surface area contributed by atoms with Crippen molar-refractivity contribution >= 4 is 22.2 Å². The van der Waals surface area contributed by atoms with Crippen LogP contribution in [0.2, 0.25) is 0 Å².